The van der Waals surface area contributed by atoms with E-state index in [1.54, 1.807) is 0 Å². The average molecular weight is 325 g/mol. The van der Waals surface area contributed by atoms with E-state index >= 15 is 0 Å². The van der Waals surface area contributed by atoms with Crippen LogP contribution >= 0.6 is 0 Å². The summed E-state index contributed by atoms with van der Waals surface area (Å²) in [6.45, 7) is 0. The van der Waals surface area contributed by atoms with Gasteiger partial charge in [-0.1, -0.05) is 0 Å². The van der Waals surface area contributed by atoms with Crippen LogP contribution in [0.2, 0.25) is 0 Å². The number of nitro groups is 3. The number of rotatable bonds is 6. The van der Waals surface area contributed by atoms with Gasteiger partial charge in [0.15, 0.2) is 11.4 Å². The quantitative estimate of drug-likeness (QED) is 0.248. The van der Waals surface area contributed by atoms with E-state index in [-0.39, 0.29) is 0 Å². The molecule has 16 nitrogen and oxygen atoms in total. The lowest BCUT2D eigenvalue weighted by Gasteiger charge is -2.08. The lowest BCUT2D eigenvalue weighted by atomic mass is 10.1. The third-order valence-corrected chi connectivity index (χ3v) is 2.37. The summed E-state index contributed by atoms with van der Waals surface area (Å²) in [6.07, 6.45) is 0. The molecule has 1 aromatic rings. The molecular formula is C7H3N9O7. The van der Waals surface area contributed by atoms with E-state index in [2.05, 4.69) is 24.8 Å². The highest BCUT2D eigenvalue weighted by molar-refractivity contribution is 5.92. The minimum atomic E-state index is -1.39. The number of hydrogen-bond donors (Lipinski definition) is 0. The summed E-state index contributed by atoms with van der Waals surface area (Å²) in [6, 6.07) is 0. The molecule has 0 unspecified atom stereocenters. The second-order valence-corrected chi connectivity index (χ2v) is 3.43. The lowest BCUT2D eigenvalue weighted by Crippen LogP contribution is -2.03. The molecule has 16 heteroatoms. The van der Waals surface area contributed by atoms with Crippen LogP contribution in [0.3, 0.4) is 0 Å². The predicted molar refractivity (Wildman–Crippen MR) is 70.6 cm³/mol. The van der Waals surface area contributed by atoms with Gasteiger partial charge in [-0.25, -0.2) is 0 Å². The largest absolute Gasteiger partial charge is 0.485 e. The number of ether oxygens (including phenoxy) is 1. The van der Waals surface area contributed by atoms with Crippen LogP contribution in [0.4, 0.5) is 28.4 Å². The third-order valence-electron chi connectivity index (χ3n) is 2.37. The maximum absolute atomic E-state index is 11.1. The van der Waals surface area contributed by atoms with Crippen molar-refractivity contribution >= 4 is 28.4 Å². The van der Waals surface area contributed by atoms with Crippen LogP contribution in [-0.2, 0) is 0 Å². The number of hydrogen-bond acceptors (Lipinski definition) is 9. The summed E-state index contributed by atoms with van der Waals surface area (Å²) in [4.78, 5) is 33.8. The van der Waals surface area contributed by atoms with Crippen LogP contribution in [0.25, 0.3) is 20.9 Å². The van der Waals surface area contributed by atoms with Crippen LogP contribution in [0.5, 0.6) is 5.75 Å². The maximum Gasteiger partial charge on any atom is 0.334 e. The third kappa shape index (κ3) is 2.82. The standard InChI is InChI=1S/C7H3N9O7/c1-23-7-5(15(19)20)2(10-12-8)4(14(17)18)3(11-13-9)6(7)16(21)22/h1H3. The van der Waals surface area contributed by atoms with Gasteiger partial charge in [0.1, 0.15) is 0 Å². The van der Waals surface area contributed by atoms with Crippen molar-refractivity contribution in [2.45, 2.75) is 0 Å². The Morgan fingerprint density at radius 3 is 1.43 bits per heavy atom. The van der Waals surface area contributed by atoms with Crippen molar-refractivity contribution in [3.05, 3.63) is 51.2 Å². The topological polar surface area (TPSA) is 236 Å². The Balaban J connectivity index is 4.36. The van der Waals surface area contributed by atoms with Gasteiger partial charge in [-0.2, -0.15) is 0 Å². The van der Waals surface area contributed by atoms with Crippen LogP contribution in [0, 0.1) is 30.3 Å². The Hall–Kier alpha value is -4.16. The van der Waals surface area contributed by atoms with Crippen molar-refractivity contribution in [3.8, 4) is 5.75 Å². The summed E-state index contributed by atoms with van der Waals surface area (Å²) < 4.78 is 4.54. The summed E-state index contributed by atoms with van der Waals surface area (Å²) in [5, 5.41) is 38.9. The molecule has 23 heavy (non-hydrogen) atoms. The van der Waals surface area contributed by atoms with Crippen molar-refractivity contribution in [2.75, 3.05) is 7.11 Å². The van der Waals surface area contributed by atoms with Crippen molar-refractivity contribution in [2.24, 2.45) is 10.2 Å². The molecule has 0 aliphatic carbocycles. The maximum atomic E-state index is 11.1. The zero-order valence-electron chi connectivity index (χ0n) is 10.9. The molecule has 0 radical (unpaired) electrons. The Morgan fingerprint density at radius 2 is 1.22 bits per heavy atom. The van der Waals surface area contributed by atoms with Crippen LogP contribution in [-0.4, -0.2) is 21.9 Å². The minimum absolute atomic E-state index is 0.806. The number of benzene rings is 1. The van der Waals surface area contributed by atoms with Gasteiger partial charge in [0, 0.05) is 9.82 Å². The van der Waals surface area contributed by atoms with Gasteiger partial charge in [-0.3, -0.25) is 30.3 Å². The fourth-order valence-corrected chi connectivity index (χ4v) is 1.65. The monoisotopic (exact) mass is 325 g/mol. The summed E-state index contributed by atoms with van der Waals surface area (Å²) in [5.41, 5.74) is 10.5. The molecule has 0 saturated heterocycles. The van der Waals surface area contributed by atoms with E-state index < -0.39 is 49.0 Å². The van der Waals surface area contributed by atoms with Crippen molar-refractivity contribution in [1.82, 2.24) is 0 Å². The van der Waals surface area contributed by atoms with E-state index in [9.17, 15) is 30.3 Å². The van der Waals surface area contributed by atoms with Gasteiger partial charge in [0.05, 0.1) is 21.9 Å². The fraction of sp³-hybridized carbons (Fsp3) is 0.143. The Morgan fingerprint density at radius 1 is 0.870 bits per heavy atom. The highest BCUT2D eigenvalue weighted by Crippen LogP contribution is 2.56. The second-order valence-electron chi connectivity index (χ2n) is 3.43. The lowest BCUT2D eigenvalue weighted by molar-refractivity contribution is -0.402. The summed E-state index contributed by atoms with van der Waals surface area (Å²) >= 11 is 0. The first-order valence-electron chi connectivity index (χ1n) is 5.13. The average Bonchev–Trinajstić information content (AvgIpc) is 2.45. The highest BCUT2D eigenvalue weighted by Gasteiger charge is 2.42. The van der Waals surface area contributed by atoms with Gasteiger partial charge in [-0.05, 0) is 21.3 Å². The van der Waals surface area contributed by atoms with Crippen LogP contribution in [0.15, 0.2) is 10.2 Å². The van der Waals surface area contributed by atoms with Crippen LogP contribution < -0.4 is 4.74 Å². The van der Waals surface area contributed by atoms with Crippen molar-refractivity contribution in [1.29, 1.82) is 0 Å². The smallest absolute Gasteiger partial charge is 0.334 e. The second kappa shape index (κ2) is 6.53. The van der Waals surface area contributed by atoms with Crippen molar-refractivity contribution in [3.63, 3.8) is 0 Å². The molecule has 118 valence electrons. The Bertz CT molecular complexity index is 763. The van der Waals surface area contributed by atoms with E-state index in [1.165, 1.54) is 0 Å². The predicted octanol–water partition coefficient (Wildman–Crippen LogP) is 3.30. The zero-order valence-corrected chi connectivity index (χ0v) is 10.9. The van der Waals surface area contributed by atoms with Crippen LogP contribution in [0.1, 0.15) is 0 Å². The molecule has 0 aromatic heterocycles. The first kappa shape index (κ1) is 16.9. The van der Waals surface area contributed by atoms with E-state index in [1.807, 2.05) is 0 Å². The molecule has 0 atom stereocenters. The molecule has 0 fully saturated rings. The normalized spacial score (nSPS) is 9.26. The number of azide groups is 2. The number of nitrogens with zero attached hydrogens (tertiary/aromatic N) is 9. The molecule has 0 heterocycles. The molecule has 0 spiro atoms. The van der Waals surface area contributed by atoms with Gasteiger partial charge in [0.25, 0.3) is 5.75 Å². The molecule has 0 aliphatic heterocycles. The first-order chi connectivity index (χ1) is 10.8. The van der Waals surface area contributed by atoms with E-state index in [0.717, 1.165) is 7.11 Å². The highest BCUT2D eigenvalue weighted by atomic mass is 16.6. The van der Waals surface area contributed by atoms with Gasteiger partial charge in [-0.15, -0.1) is 0 Å². The molecule has 0 saturated carbocycles. The molecule has 0 bridgehead atoms. The molecular weight excluding hydrogens is 322 g/mol. The molecule has 0 amide bonds. The SMILES string of the molecule is COc1c([N+](=O)[O-])c(N=[N+]=[N-])c([N+](=O)[O-])c(N=[N+]=[N-])c1[N+](=O)[O-]. The summed E-state index contributed by atoms with van der Waals surface area (Å²) in [5.74, 6) is -1.06. The van der Waals surface area contributed by atoms with E-state index in [4.69, 9.17) is 11.1 Å². The van der Waals surface area contributed by atoms with Gasteiger partial charge in [0.2, 0.25) is 0 Å². The minimum Gasteiger partial charge on any atom is -0.485 e. The molecule has 0 N–H and O–H groups in total. The fourth-order valence-electron chi connectivity index (χ4n) is 1.65. The summed E-state index contributed by atoms with van der Waals surface area (Å²) in [7, 11) is 0.806. The molecule has 1 rings (SSSR count). The Kier molecular flexibility index (Phi) is 4.79. The van der Waals surface area contributed by atoms with Gasteiger partial charge < -0.3 is 4.74 Å². The van der Waals surface area contributed by atoms with Gasteiger partial charge >= 0.3 is 17.1 Å². The Labute approximate surface area is 123 Å². The van der Waals surface area contributed by atoms with E-state index in [0.29, 0.717) is 0 Å². The number of methoxy groups -OCH3 is 1. The number of nitro benzene ring substituents is 3. The first-order valence-corrected chi connectivity index (χ1v) is 5.13. The molecule has 0 aliphatic rings. The zero-order chi connectivity index (χ0) is 17.7. The van der Waals surface area contributed by atoms with Crippen molar-refractivity contribution < 1.29 is 19.5 Å². The molecule has 1 aromatic carbocycles.